The smallest absolute Gasteiger partial charge is 0.231 e. The van der Waals surface area contributed by atoms with Gasteiger partial charge in [-0.15, -0.1) is 0 Å². The Morgan fingerprint density at radius 3 is 2.64 bits per heavy atom. The molecule has 3 nitrogen and oxygen atoms in total. The highest BCUT2D eigenvalue weighted by Gasteiger charge is 2.22. The maximum absolute atomic E-state index is 6.31. The molecule has 25 heavy (non-hydrogen) atoms. The number of benzene rings is 2. The first kappa shape index (κ1) is 16.4. The summed E-state index contributed by atoms with van der Waals surface area (Å²) < 4.78 is 17.2. The van der Waals surface area contributed by atoms with Crippen LogP contribution in [-0.2, 0) is 4.74 Å². The maximum atomic E-state index is 6.31. The molecular weight excluding hydrogens is 332 g/mol. The van der Waals surface area contributed by atoms with Crippen molar-refractivity contribution in [3.8, 4) is 22.7 Å². The van der Waals surface area contributed by atoms with E-state index < -0.39 is 0 Å². The fourth-order valence-electron chi connectivity index (χ4n) is 3.12. The van der Waals surface area contributed by atoms with Gasteiger partial charge in [-0.1, -0.05) is 43.0 Å². The van der Waals surface area contributed by atoms with E-state index in [1.807, 2.05) is 36.4 Å². The Hall–Kier alpha value is -2.09. The van der Waals surface area contributed by atoms with Crippen LogP contribution < -0.4 is 9.47 Å². The van der Waals surface area contributed by atoms with Crippen LogP contribution in [0.25, 0.3) is 0 Å². The minimum atomic E-state index is -0.242. The van der Waals surface area contributed by atoms with E-state index in [1.54, 1.807) is 0 Å². The van der Waals surface area contributed by atoms with E-state index in [4.69, 9.17) is 14.2 Å². The molecule has 1 heterocycles. The molecule has 2 aromatic rings. The highest BCUT2D eigenvalue weighted by atomic mass is 32.2. The second kappa shape index (κ2) is 7.86. The Kier molecular flexibility index (Phi) is 5.15. The quantitative estimate of drug-likeness (QED) is 0.560. The fourth-order valence-corrected chi connectivity index (χ4v) is 3.70. The summed E-state index contributed by atoms with van der Waals surface area (Å²) in [7, 11) is 0. The molecule has 1 unspecified atom stereocenters. The minimum absolute atomic E-state index is 0.242. The molecule has 1 aliphatic heterocycles. The van der Waals surface area contributed by atoms with Gasteiger partial charge >= 0.3 is 0 Å². The van der Waals surface area contributed by atoms with Crippen LogP contribution in [0.1, 0.15) is 37.4 Å². The van der Waals surface area contributed by atoms with E-state index in [2.05, 4.69) is 23.3 Å². The zero-order chi connectivity index (χ0) is 16.9. The van der Waals surface area contributed by atoms with Gasteiger partial charge in [0.05, 0.1) is 6.10 Å². The summed E-state index contributed by atoms with van der Waals surface area (Å²) in [4.78, 5) is 1.14. The van der Waals surface area contributed by atoms with Crippen molar-refractivity contribution in [3.05, 3.63) is 54.1 Å². The Morgan fingerprint density at radius 1 is 1.00 bits per heavy atom. The third kappa shape index (κ3) is 4.12. The van der Waals surface area contributed by atoms with Crippen LogP contribution in [-0.4, -0.2) is 12.9 Å². The number of thioether (sulfide) groups is 1. The van der Waals surface area contributed by atoms with Crippen molar-refractivity contribution >= 4 is 11.8 Å². The lowest BCUT2D eigenvalue weighted by molar-refractivity contribution is 0.0220. The molecule has 1 atom stereocenters. The molecule has 1 aliphatic carbocycles. The number of rotatable bonds is 4. The van der Waals surface area contributed by atoms with E-state index in [0.29, 0.717) is 6.10 Å². The molecule has 0 radical (unpaired) electrons. The van der Waals surface area contributed by atoms with Gasteiger partial charge in [0.1, 0.15) is 6.10 Å². The Bertz CT molecular complexity index is 773. The zero-order valence-corrected chi connectivity index (χ0v) is 14.8. The number of hydrogen-bond donors (Lipinski definition) is 0. The third-order valence-corrected chi connectivity index (χ3v) is 5.16. The van der Waals surface area contributed by atoms with E-state index in [9.17, 15) is 0 Å². The molecule has 0 spiro atoms. The van der Waals surface area contributed by atoms with E-state index in [1.165, 1.54) is 24.6 Å². The van der Waals surface area contributed by atoms with Crippen LogP contribution in [0.5, 0.6) is 11.5 Å². The standard InChI is InChI=1S/C21H20O3S/c1-2-8-18(9-3-1)25-13-12-19(24-17-6-4-5-7-17)16-10-11-20-21(14-16)23-15-22-20/h1-3,8-11,14,17,19H,4-7,15H2. The average Bonchev–Trinajstić information content (AvgIpc) is 3.32. The second-order valence-electron chi connectivity index (χ2n) is 6.20. The molecule has 2 aliphatic rings. The molecular formula is C21H20O3S. The SMILES string of the molecule is C(#CC(OC1CCCC1)c1ccc2c(c1)OCO2)Sc1ccccc1. The highest BCUT2D eigenvalue weighted by molar-refractivity contribution is 8.03. The highest BCUT2D eigenvalue weighted by Crippen LogP contribution is 2.36. The molecule has 1 saturated carbocycles. The van der Waals surface area contributed by atoms with Crippen molar-refractivity contribution in [2.75, 3.05) is 6.79 Å². The molecule has 2 aromatic carbocycles. The summed E-state index contributed by atoms with van der Waals surface area (Å²) in [6, 6.07) is 16.1. The lowest BCUT2D eigenvalue weighted by atomic mass is 10.1. The van der Waals surface area contributed by atoms with Crippen LogP contribution in [0.15, 0.2) is 53.4 Å². The second-order valence-corrected chi connectivity index (χ2v) is 7.08. The molecule has 4 heteroatoms. The van der Waals surface area contributed by atoms with Gasteiger partial charge in [0.2, 0.25) is 6.79 Å². The van der Waals surface area contributed by atoms with Crippen molar-refractivity contribution in [1.29, 1.82) is 0 Å². The summed E-state index contributed by atoms with van der Waals surface area (Å²) in [6.07, 6.45) is 4.78. The van der Waals surface area contributed by atoms with Crippen molar-refractivity contribution in [2.24, 2.45) is 0 Å². The monoisotopic (exact) mass is 352 g/mol. The van der Waals surface area contributed by atoms with Crippen LogP contribution in [0, 0.1) is 11.2 Å². The number of ether oxygens (including phenoxy) is 3. The average molecular weight is 352 g/mol. The first-order chi connectivity index (χ1) is 12.4. The number of hydrogen-bond acceptors (Lipinski definition) is 4. The van der Waals surface area contributed by atoms with Crippen molar-refractivity contribution in [2.45, 2.75) is 42.8 Å². The van der Waals surface area contributed by atoms with Gasteiger partial charge in [0.25, 0.3) is 0 Å². The van der Waals surface area contributed by atoms with Crippen molar-refractivity contribution < 1.29 is 14.2 Å². The molecule has 0 saturated heterocycles. The predicted molar refractivity (Wildman–Crippen MR) is 98.7 cm³/mol. The Morgan fingerprint density at radius 2 is 1.80 bits per heavy atom. The lowest BCUT2D eigenvalue weighted by Crippen LogP contribution is -2.12. The van der Waals surface area contributed by atoms with Crippen LogP contribution >= 0.6 is 11.8 Å². The summed E-state index contributed by atoms with van der Waals surface area (Å²) in [5.41, 5.74) is 1.03. The maximum Gasteiger partial charge on any atom is 0.231 e. The zero-order valence-electron chi connectivity index (χ0n) is 13.9. The third-order valence-electron chi connectivity index (χ3n) is 4.43. The molecule has 0 N–H and O–H groups in total. The van der Waals surface area contributed by atoms with Crippen LogP contribution in [0.3, 0.4) is 0 Å². The van der Waals surface area contributed by atoms with Crippen molar-refractivity contribution in [3.63, 3.8) is 0 Å². The van der Waals surface area contributed by atoms with E-state index >= 15 is 0 Å². The lowest BCUT2D eigenvalue weighted by Gasteiger charge is -2.18. The van der Waals surface area contributed by atoms with Gasteiger partial charge in [-0.3, -0.25) is 0 Å². The number of fused-ring (bicyclic) bond motifs is 1. The fraction of sp³-hybridized carbons (Fsp3) is 0.333. The summed E-state index contributed by atoms with van der Waals surface area (Å²) in [6.45, 7) is 0.280. The minimum Gasteiger partial charge on any atom is -0.454 e. The molecule has 0 bridgehead atoms. The Balaban J connectivity index is 1.53. The topological polar surface area (TPSA) is 27.7 Å². The molecule has 0 aromatic heterocycles. The largest absolute Gasteiger partial charge is 0.454 e. The normalized spacial score (nSPS) is 17.1. The van der Waals surface area contributed by atoms with E-state index in [-0.39, 0.29) is 12.9 Å². The Labute approximate surface area is 152 Å². The first-order valence-corrected chi connectivity index (χ1v) is 9.47. The van der Waals surface area contributed by atoms with Crippen molar-refractivity contribution in [1.82, 2.24) is 0 Å². The molecule has 1 fully saturated rings. The van der Waals surface area contributed by atoms with Gasteiger partial charge in [-0.2, -0.15) is 0 Å². The summed E-state index contributed by atoms with van der Waals surface area (Å²) >= 11 is 1.53. The first-order valence-electron chi connectivity index (χ1n) is 8.66. The van der Waals surface area contributed by atoms with Gasteiger partial charge in [-0.25, -0.2) is 0 Å². The molecule has 0 amide bonds. The molecule has 4 rings (SSSR count). The van der Waals surface area contributed by atoms with E-state index in [0.717, 1.165) is 34.8 Å². The van der Waals surface area contributed by atoms with Gasteiger partial charge in [0.15, 0.2) is 11.5 Å². The van der Waals surface area contributed by atoms with Gasteiger partial charge in [0, 0.05) is 4.90 Å². The van der Waals surface area contributed by atoms with Crippen LogP contribution in [0.4, 0.5) is 0 Å². The summed E-state index contributed by atoms with van der Waals surface area (Å²) in [5, 5.41) is 3.21. The predicted octanol–water partition coefficient (Wildman–Crippen LogP) is 5.17. The van der Waals surface area contributed by atoms with Crippen LogP contribution in [0.2, 0.25) is 0 Å². The van der Waals surface area contributed by atoms with Gasteiger partial charge < -0.3 is 14.2 Å². The summed E-state index contributed by atoms with van der Waals surface area (Å²) in [5.74, 6) is 4.86. The molecule has 128 valence electrons. The van der Waals surface area contributed by atoms with Gasteiger partial charge in [-0.05, 0) is 59.7 Å².